The van der Waals surface area contributed by atoms with E-state index in [9.17, 15) is 20.0 Å². The van der Waals surface area contributed by atoms with Gasteiger partial charge in [0.1, 0.15) is 28.7 Å². The van der Waals surface area contributed by atoms with Crippen LogP contribution in [0.3, 0.4) is 0 Å². The van der Waals surface area contributed by atoms with Gasteiger partial charge in [0.2, 0.25) is 29.5 Å². The maximum atomic E-state index is 14.0. The van der Waals surface area contributed by atoms with E-state index >= 15 is 0 Å². The summed E-state index contributed by atoms with van der Waals surface area (Å²) in [6.07, 6.45) is 6.21. The summed E-state index contributed by atoms with van der Waals surface area (Å²) in [5.74, 6) is 0.466. The second kappa shape index (κ2) is 20.0. The molecular weight excluding hydrogens is 861 g/mol. The zero-order valence-electron chi connectivity index (χ0n) is 37.8. The number of fused-ring (bicyclic) bond motifs is 1. The lowest BCUT2D eigenvalue weighted by atomic mass is 9.72. The zero-order chi connectivity index (χ0) is 46.5. The maximum Gasteiger partial charge on any atom is 0.254 e. The van der Waals surface area contributed by atoms with E-state index < -0.39 is 23.5 Å². The SMILES string of the molecule is CC(C)C(C(=O)N1C[C@H](O)C[C@H]1C(=O)NCc1ccc(C#N)cc1)c1cc(OCCCCN2CCCN(c3nccc(-c4noc([C@@]5(C)CCCc6sc(N)c(C#N)c65)n4)n3)[C@@H](C)C2)no1. The van der Waals surface area contributed by atoms with Crippen LogP contribution < -0.4 is 20.7 Å². The van der Waals surface area contributed by atoms with Crippen molar-refractivity contribution in [2.45, 2.75) is 109 Å². The molecule has 1 aromatic carbocycles. The molecule has 1 unspecified atom stereocenters. The Kier molecular flexibility index (Phi) is 14.0. The van der Waals surface area contributed by atoms with Crippen molar-refractivity contribution in [3.63, 3.8) is 0 Å². The fourth-order valence-corrected chi connectivity index (χ4v) is 10.7. The van der Waals surface area contributed by atoms with E-state index in [0.717, 1.165) is 80.7 Å². The van der Waals surface area contributed by atoms with Crippen LogP contribution in [0.25, 0.3) is 11.5 Å². The minimum Gasteiger partial charge on any atom is -0.476 e. The Labute approximate surface area is 387 Å². The number of β-amino-alcohol motifs (C(OH)–C–C–N with tert-alkyl or cyclic N) is 1. The molecule has 0 radical (unpaired) electrons. The lowest BCUT2D eigenvalue weighted by Gasteiger charge is -2.30. The van der Waals surface area contributed by atoms with Gasteiger partial charge in [-0.05, 0) is 100 Å². The molecule has 4 aromatic heterocycles. The summed E-state index contributed by atoms with van der Waals surface area (Å²) in [4.78, 5) is 48.9. The van der Waals surface area contributed by atoms with E-state index in [1.165, 1.54) is 16.2 Å². The van der Waals surface area contributed by atoms with Crippen molar-refractivity contribution >= 4 is 34.1 Å². The van der Waals surface area contributed by atoms with Crippen LogP contribution in [0.1, 0.15) is 111 Å². The number of hydrogen-bond acceptors (Lipinski definition) is 17. The number of rotatable bonds is 15. The summed E-state index contributed by atoms with van der Waals surface area (Å²) in [6, 6.07) is 14.0. The first-order valence-corrected chi connectivity index (χ1v) is 23.5. The van der Waals surface area contributed by atoms with Crippen molar-refractivity contribution in [3.8, 4) is 29.5 Å². The zero-order valence-corrected chi connectivity index (χ0v) is 38.6. The van der Waals surface area contributed by atoms with Crippen molar-refractivity contribution in [2.24, 2.45) is 5.92 Å². The van der Waals surface area contributed by atoms with Gasteiger partial charge in [-0.1, -0.05) is 31.1 Å². The Balaban J connectivity index is 0.813. The molecule has 18 nitrogen and oxygen atoms in total. The number of nitriles is 2. The Morgan fingerprint density at radius 2 is 1.89 bits per heavy atom. The number of hydrogen-bond donors (Lipinski definition) is 3. The number of nitrogen functional groups attached to an aromatic ring is 1. The number of ether oxygens (including phenoxy) is 1. The second-order valence-corrected chi connectivity index (χ2v) is 19.2. The molecule has 1 aliphatic carbocycles. The van der Waals surface area contributed by atoms with Gasteiger partial charge in [0.25, 0.3) is 5.88 Å². The Morgan fingerprint density at radius 1 is 1.08 bits per heavy atom. The molecule has 2 saturated heterocycles. The van der Waals surface area contributed by atoms with E-state index in [2.05, 4.69) is 49.5 Å². The fraction of sp³-hybridized carbons (Fsp3) is 0.511. The van der Waals surface area contributed by atoms with Gasteiger partial charge in [0.15, 0.2) is 5.76 Å². The number of thiophene rings is 1. The molecule has 66 heavy (non-hydrogen) atoms. The highest BCUT2D eigenvalue weighted by Crippen LogP contribution is 2.48. The number of carbonyl (C=O) groups is 2. The molecule has 5 aromatic rings. The van der Waals surface area contributed by atoms with Crippen molar-refractivity contribution in [1.29, 1.82) is 10.5 Å². The van der Waals surface area contributed by atoms with Crippen LogP contribution in [0.4, 0.5) is 10.9 Å². The summed E-state index contributed by atoms with van der Waals surface area (Å²) in [5.41, 5.74) is 8.93. The Bertz CT molecular complexity index is 2600. The first-order chi connectivity index (χ1) is 31.9. The second-order valence-electron chi connectivity index (χ2n) is 18.1. The molecule has 0 spiro atoms. The van der Waals surface area contributed by atoms with Crippen molar-refractivity contribution < 1.29 is 28.5 Å². The largest absolute Gasteiger partial charge is 0.476 e. The van der Waals surface area contributed by atoms with Crippen LogP contribution in [-0.4, -0.2) is 110 Å². The first-order valence-electron chi connectivity index (χ1n) is 22.7. The number of aliphatic hydroxyl groups excluding tert-OH is 1. The molecule has 4 N–H and O–H groups in total. The van der Waals surface area contributed by atoms with Crippen LogP contribution in [0.15, 0.2) is 51.6 Å². The van der Waals surface area contributed by atoms with Crippen LogP contribution in [0.2, 0.25) is 0 Å². The van der Waals surface area contributed by atoms with Crippen LogP contribution in [-0.2, 0) is 28.0 Å². The number of anilines is 2. The summed E-state index contributed by atoms with van der Waals surface area (Å²) >= 11 is 1.47. The van der Waals surface area contributed by atoms with Gasteiger partial charge in [-0.3, -0.25) is 9.59 Å². The Hall–Kier alpha value is -6.41. The molecule has 2 fully saturated rings. The summed E-state index contributed by atoms with van der Waals surface area (Å²) in [7, 11) is 0. The number of aryl methyl sites for hydroxylation is 1. The predicted molar refractivity (Wildman–Crippen MR) is 244 cm³/mol. The molecular formula is C47H56N12O6S. The van der Waals surface area contributed by atoms with Crippen LogP contribution in [0, 0.1) is 28.6 Å². The number of likely N-dealkylation sites (tertiary alicyclic amines) is 1. The van der Waals surface area contributed by atoms with Gasteiger partial charge < -0.3 is 44.6 Å². The number of nitrogens with one attached hydrogen (secondary N) is 1. The van der Waals surface area contributed by atoms with Crippen molar-refractivity contribution in [2.75, 3.05) is 50.0 Å². The molecule has 6 heterocycles. The van der Waals surface area contributed by atoms with E-state index in [0.29, 0.717) is 51.9 Å². The van der Waals surface area contributed by atoms with Gasteiger partial charge in [-0.25, -0.2) is 9.97 Å². The molecule has 8 rings (SSSR count). The number of unbranched alkanes of at least 4 members (excludes halogenated alkanes) is 1. The molecule has 0 saturated carbocycles. The van der Waals surface area contributed by atoms with Crippen molar-refractivity contribution in [3.05, 3.63) is 81.4 Å². The third-order valence-electron chi connectivity index (χ3n) is 13.0. The quantitative estimate of drug-likeness (QED) is 0.112. The predicted octanol–water partition coefficient (Wildman–Crippen LogP) is 5.32. The minimum absolute atomic E-state index is 0.0341. The third-order valence-corrected chi connectivity index (χ3v) is 14.1. The fourth-order valence-electron chi connectivity index (χ4n) is 9.55. The van der Waals surface area contributed by atoms with Gasteiger partial charge in [-0.2, -0.15) is 15.5 Å². The number of nitrogens with two attached hydrogens (primary N) is 1. The molecule has 3 aliphatic rings. The molecule has 5 atom stereocenters. The number of carbonyl (C=O) groups excluding carboxylic acids is 2. The monoisotopic (exact) mass is 916 g/mol. The highest BCUT2D eigenvalue weighted by molar-refractivity contribution is 7.16. The molecule has 2 aliphatic heterocycles. The highest BCUT2D eigenvalue weighted by atomic mass is 32.1. The van der Waals surface area contributed by atoms with Gasteiger partial charge in [-0.15, -0.1) is 11.3 Å². The van der Waals surface area contributed by atoms with Gasteiger partial charge >= 0.3 is 0 Å². The number of nitrogens with zero attached hydrogens (tertiary/aromatic N) is 10. The first kappa shape index (κ1) is 46.1. The molecule has 346 valence electrons. The maximum absolute atomic E-state index is 14.0. The molecule has 2 amide bonds. The summed E-state index contributed by atoms with van der Waals surface area (Å²) in [6.45, 7) is 12.1. The van der Waals surface area contributed by atoms with Crippen LogP contribution >= 0.6 is 11.3 Å². The van der Waals surface area contributed by atoms with Gasteiger partial charge in [0, 0.05) is 61.3 Å². The van der Waals surface area contributed by atoms with E-state index in [4.69, 9.17) is 34.7 Å². The molecule has 19 heteroatoms. The standard InChI is InChI=1S/C47H56N12O6S/c1-28(2)39(44(62)59-27-32(60)21-35(59)43(61)52-25-31-12-10-30(23-48)11-13-31)36-22-38(55-64-36)63-20-6-5-17-57-18-8-19-58(29(3)26-57)46-51-16-14-34(53-46)42-54-45(65-56-42)47(4)15-7-9-37-40(47)33(24-49)41(50)66-37/h10-14,16,22,28-29,32,35,39,60H,5-9,15,17-21,25-27,50H2,1-4H3,(H,52,61)/t29-,32+,35-,39?,47-/m0/s1. The van der Waals surface area contributed by atoms with Crippen molar-refractivity contribution in [1.82, 2.24) is 40.4 Å². The van der Waals surface area contributed by atoms with Crippen LogP contribution in [0.5, 0.6) is 5.88 Å². The molecule has 0 bridgehead atoms. The smallest absolute Gasteiger partial charge is 0.254 e. The minimum atomic E-state index is -0.841. The number of amides is 2. The normalized spacial score (nSPS) is 21.5. The number of benzene rings is 1. The highest BCUT2D eigenvalue weighted by Gasteiger charge is 2.44. The van der Waals surface area contributed by atoms with E-state index in [1.54, 1.807) is 42.6 Å². The van der Waals surface area contributed by atoms with Gasteiger partial charge in [0.05, 0.1) is 35.3 Å². The lowest BCUT2D eigenvalue weighted by molar-refractivity contribution is -0.141. The third kappa shape index (κ3) is 9.74. The average molecular weight is 917 g/mol. The number of aromatic nitrogens is 5. The number of aliphatic hydroxyl groups is 1. The summed E-state index contributed by atoms with van der Waals surface area (Å²) in [5, 5.41) is 41.4. The topological polar surface area (TPSA) is 250 Å². The summed E-state index contributed by atoms with van der Waals surface area (Å²) < 4.78 is 17.5. The Morgan fingerprint density at radius 3 is 2.67 bits per heavy atom. The van der Waals surface area contributed by atoms with E-state index in [-0.39, 0.29) is 49.2 Å². The van der Waals surface area contributed by atoms with E-state index in [1.807, 2.05) is 20.8 Å². The lowest BCUT2D eigenvalue weighted by Crippen LogP contribution is -2.48. The average Bonchev–Trinajstić information content (AvgIpc) is 4.12.